The number of hydrogen-bond acceptors (Lipinski definition) is 5. The van der Waals surface area contributed by atoms with Crippen molar-refractivity contribution in [1.29, 1.82) is 10.8 Å². The topological polar surface area (TPSA) is 126 Å². The van der Waals surface area contributed by atoms with E-state index in [0.29, 0.717) is 11.1 Å². The van der Waals surface area contributed by atoms with Gasteiger partial charge in [0.05, 0.1) is 6.04 Å². The van der Waals surface area contributed by atoms with Crippen molar-refractivity contribution in [3.63, 3.8) is 0 Å². The maximum atomic E-state index is 12.5. The molecular formula is C22H24N4O3. The zero-order valence-corrected chi connectivity index (χ0v) is 16.2. The minimum absolute atomic E-state index is 0.0376. The maximum Gasteiger partial charge on any atom is 0.274 e. The summed E-state index contributed by atoms with van der Waals surface area (Å²) in [5.41, 5.74) is 5.71. The van der Waals surface area contributed by atoms with Gasteiger partial charge in [-0.05, 0) is 55.0 Å². The molecule has 0 radical (unpaired) electrons. The molecule has 29 heavy (non-hydrogen) atoms. The Morgan fingerprint density at radius 1 is 1.10 bits per heavy atom. The number of hydrogen-bond donors (Lipinski definition) is 5. The zero-order valence-electron chi connectivity index (χ0n) is 16.2. The molecule has 1 aliphatic carbocycles. The highest BCUT2D eigenvalue weighted by atomic mass is 16.5. The number of amides is 2. The number of carbonyl (C=O) groups is 2. The highest BCUT2D eigenvalue weighted by Crippen LogP contribution is 2.30. The van der Waals surface area contributed by atoms with Gasteiger partial charge in [-0.3, -0.25) is 20.2 Å². The molecule has 2 amide bonds. The number of rotatable bonds is 6. The molecule has 0 aromatic heterocycles. The first-order chi connectivity index (χ1) is 13.9. The van der Waals surface area contributed by atoms with Gasteiger partial charge in [-0.15, -0.1) is 0 Å². The zero-order chi connectivity index (χ0) is 21.0. The van der Waals surface area contributed by atoms with E-state index >= 15 is 0 Å². The standard InChI is InChI=1S/C22H24N4O3/c1-13-5-7-14(8-6-13)18(23)12-19(24)22(28)25-20-4-2-3-15-11-16(21(27)26-29)9-10-17(15)20/h5-11,20,23-24,29H,2-4,12H2,1H3,(H,25,28)(H,26,27). The van der Waals surface area contributed by atoms with Crippen molar-refractivity contribution in [2.24, 2.45) is 0 Å². The SMILES string of the molecule is Cc1ccc(C(=N)CC(=N)C(=O)NC2CCCc3cc(C(=O)NO)ccc32)cc1. The van der Waals surface area contributed by atoms with Crippen molar-refractivity contribution in [3.8, 4) is 0 Å². The lowest BCUT2D eigenvalue weighted by atomic mass is 9.86. The van der Waals surface area contributed by atoms with Crippen molar-refractivity contribution in [3.05, 3.63) is 70.3 Å². The summed E-state index contributed by atoms with van der Waals surface area (Å²) in [4.78, 5) is 24.1. The number of aryl methyl sites for hydroxylation is 2. The van der Waals surface area contributed by atoms with E-state index in [-0.39, 0.29) is 23.9 Å². The van der Waals surface area contributed by atoms with Crippen LogP contribution in [0.3, 0.4) is 0 Å². The Morgan fingerprint density at radius 2 is 1.79 bits per heavy atom. The first-order valence-electron chi connectivity index (χ1n) is 9.49. The minimum Gasteiger partial charge on any atom is -0.344 e. The van der Waals surface area contributed by atoms with E-state index in [1.54, 1.807) is 23.7 Å². The van der Waals surface area contributed by atoms with Crippen LogP contribution in [0.1, 0.15) is 57.9 Å². The Labute approximate surface area is 169 Å². The van der Waals surface area contributed by atoms with Crippen LogP contribution in [0.4, 0.5) is 0 Å². The Balaban J connectivity index is 1.66. The molecule has 0 saturated carbocycles. The van der Waals surface area contributed by atoms with E-state index in [2.05, 4.69) is 5.32 Å². The molecule has 3 rings (SSSR count). The van der Waals surface area contributed by atoms with Crippen LogP contribution in [0.15, 0.2) is 42.5 Å². The molecule has 1 aliphatic rings. The van der Waals surface area contributed by atoms with Crippen LogP contribution in [-0.4, -0.2) is 28.4 Å². The molecular weight excluding hydrogens is 368 g/mol. The molecule has 1 unspecified atom stereocenters. The summed E-state index contributed by atoms with van der Waals surface area (Å²) >= 11 is 0. The molecule has 0 fully saturated rings. The molecule has 2 aromatic carbocycles. The largest absolute Gasteiger partial charge is 0.344 e. The van der Waals surface area contributed by atoms with E-state index in [1.807, 2.05) is 31.2 Å². The number of carbonyl (C=O) groups excluding carboxylic acids is 2. The normalized spacial score (nSPS) is 15.2. The van der Waals surface area contributed by atoms with Gasteiger partial charge < -0.3 is 10.7 Å². The van der Waals surface area contributed by atoms with Crippen molar-refractivity contribution in [2.45, 2.75) is 38.6 Å². The predicted molar refractivity (Wildman–Crippen MR) is 110 cm³/mol. The molecule has 0 spiro atoms. The van der Waals surface area contributed by atoms with Gasteiger partial charge in [0.15, 0.2) is 0 Å². The highest BCUT2D eigenvalue weighted by Gasteiger charge is 2.24. The quantitative estimate of drug-likeness (QED) is 0.294. The molecule has 5 N–H and O–H groups in total. The summed E-state index contributed by atoms with van der Waals surface area (Å²) in [6, 6.07) is 12.3. The summed E-state index contributed by atoms with van der Waals surface area (Å²) in [6.45, 7) is 1.96. The lowest BCUT2D eigenvalue weighted by Gasteiger charge is -2.27. The second-order valence-corrected chi connectivity index (χ2v) is 7.27. The lowest BCUT2D eigenvalue weighted by molar-refractivity contribution is -0.115. The van der Waals surface area contributed by atoms with E-state index in [1.165, 1.54) is 0 Å². The molecule has 7 nitrogen and oxygen atoms in total. The fourth-order valence-corrected chi connectivity index (χ4v) is 3.53. The molecule has 0 saturated heterocycles. The summed E-state index contributed by atoms with van der Waals surface area (Å²) in [7, 11) is 0. The van der Waals surface area contributed by atoms with E-state index < -0.39 is 11.8 Å². The van der Waals surface area contributed by atoms with Gasteiger partial charge in [-0.2, -0.15) is 0 Å². The Kier molecular flexibility index (Phi) is 6.19. The third-order valence-corrected chi connectivity index (χ3v) is 5.15. The average molecular weight is 392 g/mol. The summed E-state index contributed by atoms with van der Waals surface area (Å²) in [5, 5.41) is 28.0. The van der Waals surface area contributed by atoms with Gasteiger partial charge in [0.1, 0.15) is 5.71 Å². The number of fused-ring (bicyclic) bond motifs is 1. The second kappa shape index (κ2) is 8.79. The Morgan fingerprint density at radius 3 is 2.48 bits per heavy atom. The van der Waals surface area contributed by atoms with Crippen LogP contribution in [0.2, 0.25) is 0 Å². The van der Waals surface area contributed by atoms with Crippen LogP contribution in [0.25, 0.3) is 0 Å². The van der Waals surface area contributed by atoms with E-state index in [0.717, 1.165) is 36.0 Å². The van der Waals surface area contributed by atoms with Crippen molar-refractivity contribution >= 4 is 23.2 Å². The van der Waals surface area contributed by atoms with Gasteiger partial charge in [-0.25, -0.2) is 5.48 Å². The first-order valence-corrected chi connectivity index (χ1v) is 9.49. The lowest BCUT2D eigenvalue weighted by Crippen LogP contribution is -2.36. The molecule has 0 bridgehead atoms. The molecule has 0 aliphatic heterocycles. The fraction of sp³-hybridized carbons (Fsp3) is 0.273. The van der Waals surface area contributed by atoms with Crippen LogP contribution >= 0.6 is 0 Å². The van der Waals surface area contributed by atoms with Gasteiger partial charge in [0.2, 0.25) is 0 Å². The number of hydroxylamine groups is 1. The molecule has 7 heteroatoms. The van der Waals surface area contributed by atoms with Crippen molar-refractivity contribution < 1.29 is 14.8 Å². The fourth-order valence-electron chi connectivity index (χ4n) is 3.53. The molecule has 150 valence electrons. The maximum absolute atomic E-state index is 12.5. The van der Waals surface area contributed by atoms with Crippen LogP contribution in [-0.2, 0) is 11.2 Å². The van der Waals surface area contributed by atoms with Crippen molar-refractivity contribution in [1.82, 2.24) is 10.8 Å². The van der Waals surface area contributed by atoms with Crippen LogP contribution in [0, 0.1) is 17.7 Å². The first kappa shape index (κ1) is 20.4. The van der Waals surface area contributed by atoms with E-state index in [4.69, 9.17) is 16.0 Å². The smallest absolute Gasteiger partial charge is 0.274 e. The monoisotopic (exact) mass is 392 g/mol. The third kappa shape index (κ3) is 4.75. The summed E-state index contributed by atoms with van der Waals surface area (Å²) < 4.78 is 0. The summed E-state index contributed by atoms with van der Waals surface area (Å²) in [5.74, 6) is -1.06. The van der Waals surface area contributed by atoms with Gasteiger partial charge in [0, 0.05) is 17.7 Å². The van der Waals surface area contributed by atoms with Crippen LogP contribution in [0.5, 0.6) is 0 Å². The third-order valence-electron chi connectivity index (χ3n) is 5.15. The van der Waals surface area contributed by atoms with Gasteiger partial charge >= 0.3 is 0 Å². The molecule has 2 aromatic rings. The molecule has 0 heterocycles. The van der Waals surface area contributed by atoms with Crippen molar-refractivity contribution in [2.75, 3.05) is 0 Å². The Hall–Kier alpha value is -3.32. The minimum atomic E-state index is -0.574. The summed E-state index contributed by atoms with van der Waals surface area (Å²) in [6.07, 6.45) is 2.33. The molecule has 1 atom stereocenters. The van der Waals surface area contributed by atoms with Gasteiger partial charge in [0.25, 0.3) is 11.8 Å². The second-order valence-electron chi connectivity index (χ2n) is 7.27. The average Bonchev–Trinajstić information content (AvgIpc) is 2.73. The number of nitrogens with one attached hydrogen (secondary N) is 4. The number of benzene rings is 2. The van der Waals surface area contributed by atoms with Crippen LogP contribution < -0.4 is 10.8 Å². The Bertz CT molecular complexity index is 967. The van der Waals surface area contributed by atoms with E-state index in [9.17, 15) is 9.59 Å². The highest BCUT2D eigenvalue weighted by molar-refractivity contribution is 6.41. The predicted octanol–water partition coefficient (Wildman–Crippen LogP) is 3.09. The van der Waals surface area contributed by atoms with Gasteiger partial charge in [-0.1, -0.05) is 35.9 Å².